The maximum absolute atomic E-state index is 6.39. The predicted molar refractivity (Wildman–Crippen MR) is 90.8 cm³/mol. The van der Waals surface area contributed by atoms with E-state index in [1.165, 1.54) is 11.1 Å². The Morgan fingerprint density at radius 3 is 2.23 bits per heavy atom. The molecule has 4 atom stereocenters. The molecule has 1 fully saturated rings. The molecule has 1 saturated heterocycles. The molecule has 0 spiro atoms. The first kappa shape index (κ1) is 15.3. The Bertz CT molecular complexity index is 581. The fourth-order valence-electron chi connectivity index (χ4n) is 3.30. The van der Waals surface area contributed by atoms with Gasteiger partial charge in [-0.1, -0.05) is 67.6 Å². The van der Waals surface area contributed by atoms with Crippen molar-refractivity contribution in [1.29, 1.82) is 0 Å². The highest BCUT2D eigenvalue weighted by Gasteiger charge is 2.38. The van der Waals surface area contributed by atoms with Gasteiger partial charge in [-0.3, -0.25) is 4.90 Å². The van der Waals surface area contributed by atoms with Crippen molar-refractivity contribution < 1.29 is 4.74 Å². The molecule has 0 saturated carbocycles. The first-order chi connectivity index (χ1) is 10.7. The lowest BCUT2D eigenvalue weighted by Gasteiger charge is -2.24. The van der Waals surface area contributed by atoms with Crippen LogP contribution >= 0.6 is 0 Å². The third-order valence-electron chi connectivity index (χ3n) is 4.89. The number of ether oxygens (including phenoxy) is 1. The van der Waals surface area contributed by atoms with Gasteiger partial charge in [0, 0.05) is 6.04 Å². The number of nitrogens with zero attached hydrogens (tertiary/aromatic N) is 1. The average Bonchev–Trinajstić information content (AvgIpc) is 2.85. The van der Waals surface area contributed by atoms with Gasteiger partial charge in [-0.2, -0.15) is 0 Å². The summed E-state index contributed by atoms with van der Waals surface area (Å²) in [7, 11) is 2.18. The summed E-state index contributed by atoms with van der Waals surface area (Å²) in [5, 5.41) is 0. The molecule has 2 heteroatoms. The number of hydrogen-bond donors (Lipinski definition) is 0. The van der Waals surface area contributed by atoms with E-state index in [4.69, 9.17) is 4.74 Å². The summed E-state index contributed by atoms with van der Waals surface area (Å²) in [4.78, 5) is 2.37. The fraction of sp³-hybridized carbons (Fsp3) is 0.400. The zero-order valence-electron chi connectivity index (χ0n) is 13.6. The average molecular weight is 295 g/mol. The van der Waals surface area contributed by atoms with E-state index in [1.54, 1.807) is 0 Å². The van der Waals surface area contributed by atoms with Crippen LogP contribution in [-0.2, 0) is 4.74 Å². The summed E-state index contributed by atoms with van der Waals surface area (Å²) in [5.41, 5.74) is 2.66. The maximum atomic E-state index is 6.39. The molecule has 2 aromatic rings. The SMILES string of the molecule is CC(C[C@H]1O[C@@H](c2ccccc2)[C@@H](C)N1C)c1ccccc1. The van der Waals surface area contributed by atoms with Crippen LogP contribution in [0.2, 0.25) is 0 Å². The molecule has 3 rings (SSSR count). The van der Waals surface area contributed by atoms with Crippen LogP contribution in [0.4, 0.5) is 0 Å². The number of benzene rings is 2. The van der Waals surface area contributed by atoms with Gasteiger partial charge in [-0.15, -0.1) is 0 Å². The molecule has 1 heterocycles. The van der Waals surface area contributed by atoms with Crippen molar-refractivity contribution in [2.45, 2.75) is 44.6 Å². The van der Waals surface area contributed by atoms with Gasteiger partial charge in [0.15, 0.2) is 0 Å². The molecule has 22 heavy (non-hydrogen) atoms. The molecule has 0 aromatic heterocycles. The van der Waals surface area contributed by atoms with Crippen molar-refractivity contribution in [3.63, 3.8) is 0 Å². The molecule has 0 radical (unpaired) electrons. The summed E-state index contributed by atoms with van der Waals surface area (Å²) in [6, 6.07) is 21.7. The van der Waals surface area contributed by atoms with E-state index in [0.29, 0.717) is 12.0 Å². The van der Waals surface area contributed by atoms with Crippen molar-refractivity contribution in [3.8, 4) is 0 Å². The van der Waals surface area contributed by atoms with E-state index in [9.17, 15) is 0 Å². The quantitative estimate of drug-likeness (QED) is 0.817. The summed E-state index contributed by atoms with van der Waals surface area (Å²) in [6.07, 6.45) is 1.36. The van der Waals surface area contributed by atoms with E-state index in [1.807, 2.05) is 0 Å². The molecule has 116 valence electrons. The molecule has 2 aromatic carbocycles. The van der Waals surface area contributed by atoms with Crippen molar-refractivity contribution in [1.82, 2.24) is 4.90 Å². The topological polar surface area (TPSA) is 12.5 Å². The van der Waals surface area contributed by atoms with Crippen LogP contribution in [0.3, 0.4) is 0 Å². The molecular formula is C20H25NO. The minimum Gasteiger partial charge on any atom is -0.354 e. The van der Waals surface area contributed by atoms with E-state index in [2.05, 4.69) is 86.5 Å². The van der Waals surface area contributed by atoms with Crippen LogP contribution in [0.15, 0.2) is 60.7 Å². The molecule has 0 amide bonds. The van der Waals surface area contributed by atoms with E-state index >= 15 is 0 Å². The first-order valence-electron chi connectivity index (χ1n) is 8.14. The highest BCUT2D eigenvalue weighted by atomic mass is 16.5. The lowest BCUT2D eigenvalue weighted by atomic mass is 9.97. The summed E-state index contributed by atoms with van der Waals surface area (Å²) >= 11 is 0. The molecule has 1 unspecified atom stereocenters. The molecule has 0 aliphatic carbocycles. The third kappa shape index (κ3) is 3.08. The summed E-state index contributed by atoms with van der Waals surface area (Å²) in [6.45, 7) is 4.54. The Morgan fingerprint density at radius 1 is 1.00 bits per heavy atom. The van der Waals surface area contributed by atoms with Crippen LogP contribution in [-0.4, -0.2) is 24.2 Å². The minimum absolute atomic E-state index is 0.166. The zero-order chi connectivity index (χ0) is 15.5. The summed E-state index contributed by atoms with van der Waals surface area (Å²) in [5.74, 6) is 0.496. The van der Waals surface area contributed by atoms with E-state index < -0.39 is 0 Å². The van der Waals surface area contributed by atoms with Crippen molar-refractivity contribution in [2.75, 3.05) is 7.05 Å². The van der Waals surface area contributed by atoms with Gasteiger partial charge in [-0.05, 0) is 37.4 Å². The Balaban J connectivity index is 1.70. The van der Waals surface area contributed by atoms with Gasteiger partial charge in [0.05, 0.1) is 6.10 Å². The van der Waals surface area contributed by atoms with Gasteiger partial charge in [0.1, 0.15) is 6.23 Å². The Kier molecular flexibility index (Phi) is 4.60. The molecule has 2 nitrogen and oxygen atoms in total. The second kappa shape index (κ2) is 6.64. The molecule has 0 bridgehead atoms. The lowest BCUT2D eigenvalue weighted by molar-refractivity contribution is -0.00179. The van der Waals surface area contributed by atoms with Gasteiger partial charge < -0.3 is 4.74 Å². The van der Waals surface area contributed by atoms with Gasteiger partial charge in [0.2, 0.25) is 0 Å². The minimum atomic E-state index is 0.166. The van der Waals surface area contributed by atoms with Crippen LogP contribution in [0.5, 0.6) is 0 Å². The van der Waals surface area contributed by atoms with Crippen molar-refractivity contribution >= 4 is 0 Å². The second-order valence-electron chi connectivity index (χ2n) is 6.38. The lowest BCUT2D eigenvalue weighted by Crippen LogP contribution is -2.32. The number of rotatable bonds is 4. The van der Waals surface area contributed by atoms with Gasteiger partial charge >= 0.3 is 0 Å². The van der Waals surface area contributed by atoms with Crippen LogP contribution in [0, 0.1) is 0 Å². The number of hydrogen-bond acceptors (Lipinski definition) is 2. The van der Waals surface area contributed by atoms with E-state index in [0.717, 1.165) is 6.42 Å². The van der Waals surface area contributed by atoms with Gasteiger partial charge in [-0.25, -0.2) is 0 Å². The molecule has 0 N–H and O–H groups in total. The Morgan fingerprint density at radius 2 is 1.59 bits per heavy atom. The maximum Gasteiger partial charge on any atom is 0.112 e. The van der Waals surface area contributed by atoms with Crippen molar-refractivity contribution in [2.24, 2.45) is 0 Å². The predicted octanol–water partition coefficient (Wildman–Crippen LogP) is 4.60. The second-order valence-corrected chi connectivity index (χ2v) is 6.38. The highest BCUT2D eigenvalue weighted by Crippen LogP contribution is 2.37. The number of likely N-dealkylation sites (N-methyl/N-ethyl adjacent to an activating group) is 1. The highest BCUT2D eigenvalue weighted by molar-refractivity contribution is 5.21. The fourth-order valence-corrected chi connectivity index (χ4v) is 3.30. The molecule has 1 aliphatic heterocycles. The zero-order valence-corrected chi connectivity index (χ0v) is 13.6. The smallest absolute Gasteiger partial charge is 0.112 e. The third-order valence-corrected chi connectivity index (χ3v) is 4.89. The summed E-state index contributed by atoms with van der Waals surface area (Å²) < 4.78 is 6.39. The normalized spacial score (nSPS) is 27.0. The van der Waals surface area contributed by atoms with Crippen LogP contribution < -0.4 is 0 Å². The molecular weight excluding hydrogens is 270 g/mol. The van der Waals surface area contributed by atoms with Crippen LogP contribution in [0.1, 0.15) is 43.4 Å². The van der Waals surface area contributed by atoms with Gasteiger partial charge in [0.25, 0.3) is 0 Å². The Labute approximate surface area is 133 Å². The van der Waals surface area contributed by atoms with Crippen LogP contribution in [0.25, 0.3) is 0 Å². The first-order valence-corrected chi connectivity index (χ1v) is 8.14. The Hall–Kier alpha value is -1.64. The molecule has 1 aliphatic rings. The van der Waals surface area contributed by atoms with Crippen molar-refractivity contribution in [3.05, 3.63) is 71.8 Å². The van der Waals surface area contributed by atoms with E-state index in [-0.39, 0.29) is 12.3 Å². The standard InChI is InChI=1S/C20H25NO/c1-15(17-10-6-4-7-11-17)14-19-21(3)16(2)20(22-19)18-12-8-5-9-13-18/h4-13,15-16,19-20H,14H2,1-3H3/t15?,16-,19-,20-/m1/s1. The monoisotopic (exact) mass is 295 g/mol. The largest absolute Gasteiger partial charge is 0.354 e.